The quantitative estimate of drug-likeness (QED) is 0.668. The molecule has 1 heterocycles. The summed E-state index contributed by atoms with van der Waals surface area (Å²) in [7, 11) is -3.11. The van der Waals surface area contributed by atoms with Crippen LogP contribution >= 0.6 is 0 Å². The standard InChI is InChI=1S/C19H20N4O3S/c1-3-26-19-22-17(15-9-5-4-6-10-15)21-18(23-19)20-16-11-7-8-14(12-16)13-27(2,24)25/h4-12H,3,13H2,1-2H3,(H,20,21,22,23). The van der Waals surface area contributed by atoms with Gasteiger partial charge in [-0.1, -0.05) is 42.5 Å². The van der Waals surface area contributed by atoms with Crippen LogP contribution in [0.3, 0.4) is 0 Å². The van der Waals surface area contributed by atoms with Crippen LogP contribution in [0.1, 0.15) is 12.5 Å². The predicted octanol–water partition coefficient (Wildman–Crippen LogP) is 3.23. The molecule has 0 aliphatic rings. The van der Waals surface area contributed by atoms with Gasteiger partial charge in [0, 0.05) is 17.5 Å². The molecule has 140 valence electrons. The minimum Gasteiger partial charge on any atom is -0.464 e. The number of sulfone groups is 1. The lowest BCUT2D eigenvalue weighted by atomic mass is 10.2. The van der Waals surface area contributed by atoms with Crippen molar-refractivity contribution < 1.29 is 13.2 Å². The van der Waals surface area contributed by atoms with E-state index in [2.05, 4.69) is 20.3 Å². The van der Waals surface area contributed by atoms with Crippen LogP contribution in [0, 0.1) is 0 Å². The first-order valence-corrected chi connectivity index (χ1v) is 10.5. The smallest absolute Gasteiger partial charge is 0.321 e. The topological polar surface area (TPSA) is 94.1 Å². The van der Waals surface area contributed by atoms with Gasteiger partial charge in [0.15, 0.2) is 15.7 Å². The van der Waals surface area contributed by atoms with Crippen molar-refractivity contribution in [3.63, 3.8) is 0 Å². The molecule has 27 heavy (non-hydrogen) atoms. The van der Waals surface area contributed by atoms with Gasteiger partial charge in [0.1, 0.15) is 0 Å². The van der Waals surface area contributed by atoms with Crippen molar-refractivity contribution in [2.75, 3.05) is 18.2 Å². The third kappa shape index (κ3) is 5.49. The molecule has 0 aliphatic carbocycles. The Kier molecular flexibility index (Phi) is 5.66. The van der Waals surface area contributed by atoms with Crippen molar-refractivity contribution >= 4 is 21.5 Å². The lowest BCUT2D eigenvalue weighted by molar-refractivity contribution is 0.312. The van der Waals surface area contributed by atoms with Crippen LogP contribution < -0.4 is 10.1 Å². The highest BCUT2D eigenvalue weighted by molar-refractivity contribution is 7.89. The van der Waals surface area contributed by atoms with Crippen molar-refractivity contribution in [3.05, 3.63) is 60.2 Å². The van der Waals surface area contributed by atoms with Gasteiger partial charge in [-0.2, -0.15) is 15.0 Å². The van der Waals surface area contributed by atoms with Crippen LogP contribution in [0.25, 0.3) is 11.4 Å². The van der Waals surface area contributed by atoms with Gasteiger partial charge >= 0.3 is 6.01 Å². The molecule has 3 aromatic rings. The average Bonchev–Trinajstić information content (AvgIpc) is 2.61. The normalized spacial score (nSPS) is 11.2. The fourth-order valence-corrected chi connectivity index (χ4v) is 3.28. The number of nitrogens with zero attached hydrogens (tertiary/aromatic N) is 3. The number of hydrogen-bond donors (Lipinski definition) is 1. The number of ether oxygens (including phenoxy) is 1. The highest BCUT2D eigenvalue weighted by Crippen LogP contribution is 2.21. The number of hydrogen-bond acceptors (Lipinski definition) is 7. The molecular weight excluding hydrogens is 364 g/mol. The number of anilines is 2. The molecule has 0 fully saturated rings. The fraction of sp³-hybridized carbons (Fsp3) is 0.211. The predicted molar refractivity (Wildman–Crippen MR) is 105 cm³/mol. The second-order valence-electron chi connectivity index (χ2n) is 5.96. The molecule has 2 aromatic carbocycles. The second-order valence-corrected chi connectivity index (χ2v) is 8.10. The number of rotatable bonds is 7. The zero-order valence-corrected chi connectivity index (χ0v) is 15.9. The van der Waals surface area contributed by atoms with Gasteiger partial charge in [-0.25, -0.2) is 8.42 Å². The van der Waals surface area contributed by atoms with Crippen LogP contribution in [0.5, 0.6) is 6.01 Å². The Bertz CT molecular complexity index is 1020. The summed E-state index contributed by atoms with van der Waals surface area (Å²) >= 11 is 0. The van der Waals surface area contributed by atoms with E-state index in [1.54, 1.807) is 18.2 Å². The van der Waals surface area contributed by atoms with E-state index in [1.807, 2.05) is 43.3 Å². The zero-order valence-electron chi connectivity index (χ0n) is 15.1. The zero-order chi connectivity index (χ0) is 19.3. The molecule has 0 unspecified atom stereocenters. The summed E-state index contributed by atoms with van der Waals surface area (Å²) in [6, 6.07) is 16.9. The molecule has 0 atom stereocenters. The summed E-state index contributed by atoms with van der Waals surface area (Å²) in [5.74, 6) is 0.784. The van der Waals surface area contributed by atoms with E-state index in [0.717, 1.165) is 5.56 Å². The Morgan fingerprint density at radius 1 is 1.00 bits per heavy atom. The lowest BCUT2D eigenvalue weighted by Gasteiger charge is -2.10. The summed E-state index contributed by atoms with van der Waals surface area (Å²) in [6.07, 6.45) is 1.21. The summed E-state index contributed by atoms with van der Waals surface area (Å²) in [4.78, 5) is 13.1. The minimum absolute atomic E-state index is 0.0286. The van der Waals surface area contributed by atoms with Crippen molar-refractivity contribution in [2.45, 2.75) is 12.7 Å². The van der Waals surface area contributed by atoms with Crippen molar-refractivity contribution in [2.24, 2.45) is 0 Å². The first kappa shape index (κ1) is 18.8. The van der Waals surface area contributed by atoms with Gasteiger partial charge in [-0.3, -0.25) is 0 Å². The molecule has 8 heteroatoms. The lowest BCUT2D eigenvalue weighted by Crippen LogP contribution is -2.06. The molecule has 1 aromatic heterocycles. The summed E-state index contributed by atoms with van der Waals surface area (Å²) in [6.45, 7) is 2.29. The molecule has 3 rings (SSSR count). The van der Waals surface area contributed by atoms with E-state index in [0.29, 0.717) is 29.6 Å². The van der Waals surface area contributed by atoms with E-state index in [4.69, 9.17) is 4.74 Å². The molecule has 7 nitrogen and oxygen atoms in total. The van der Waals surface area contributed by atoms with E-state index in [1.165, 1.54) is 6.26 Å². The largest absolute Gasteiger partial charge is 0.464 e. The molecule has 0 spiro atoms. The number of nitrogens with one attached hydrogen (secondary N) is 1. The summed E-state index contributed by atoms with van der Waals surface area (Å²) < 4.78 is 28.5. The van der Waals surface area contributed by atoms with Crippen molar-refractivity contribution in [1.82, 2.24) is 15.0 Å². The maximum atomic E-state index is 11.5. The molecular formula is C19H20N4O3S. The van der Waals surface area contributed by atoms with Gasteiger partial charge in [0.25, 0.3) is 0 Å². The van der Waals surface area contributed by atoms with E-state index >= 15 is 0 Å². The molecule has 0 aliphatic heterocycles. The van der Waals surface area contributed by atoms with Crippen molar-refractivity contribution in [3.8, 4) is 17.4 Å². The third-order valence-corrected chi connectivity index (χ3v) is 4.39. The van der Waals surface area contributed by atoms with Gasteiger partial charge in [-0.15, -0.1) is 0 Å². The van der Waals surface area contributed by atoms with Crippen molar-refractivity contribution in [1.29, 1.82) is 0 Å². The molecule has 0 radical (unpaired) electrons. The minimum atomic E-state index is -3.11. The number of benzene rings is 2. The Balaban J connectivity index is 1.92. The molecule has 0 amide bonds. The Morgan fingerprint density at radius 2 is 1.78 bits per heavy atom. The molecule has 0 saturated heterocycles. The van der Waals surface area contributed by atoms with Gasteiger partial charge in [0.05, 0.1) is 12.4 Å². The average molecular weight is 384 g/mol. The number of aromatic nitrogens is 3. The van der Waals surface area contributed by atoms with Gasteiger partial charge in [0.2, 0.25) is 5.95 Å². The maximum Gasteiger partial charge on any atom is 0.321 e. The van der Waals surface area contributed by atoms with E-state index in [9.17, 15) is 8.42 Å². The molecule has 0 saturated carbocycles. The molecule has 0 bridgehead atoms. The second kappa shape index (κ2) is 8.13. The Morgan fingerprint density at radius 3 is 2.48 bits per heavy atom. The van der Waals surface area contributed by atoms with E-state index < -0.39 is 9.84 Å². The van der Waals surface area contributed by atoms with E-state index in [-0.39, 0.29) is 11.8 Å². The van der Waals surface area contributed by atoms with Crippen LogP contribution in [-0.4, -0.2) is 36.2 Å². The fourth-order valence-electron chi connectivity index (χ4n) is 2.49. The van der Waals surface area contributed by atoms with Crippen LogP contribution in [0.2, 0.25) is 0 Å². The summed E-state index contributed by atoms with van der Waals surface area (Å²) in [5.41, 5.74) is 2.21. The SMILES string of the molecule is CCOc1nc(Nc2cccc(CS(C)(=O)=O)c2)nc(-c2ccccc2)n1. The maximum absolute atomic E-state index is 11.5. The van der Waals surface area contributed by atoms with Gasteiger partial charge in [-0.05, 0) is 24.6 Å². The third-order valence-electron chi connectivity index (χ3n) is 3.53. The Hall–Kier alpha value is -3.00. The van der Waals surface area contributed by atoms with Gasteiger partial charge < -0.3 is 10.1 Å². The first-order chi connectivity index (χ1) is 12.9. The molecule has 1 N–H and O–H groups in total. The van der Waals surface area contributed by atoms with Crippen LogP contribution in [-0.2, 0) is 15.6 Å². The highest BCUT2D eigenvalue weighted by Gasteiger charge is 2.10. The highest BCUT2D eigenvalue weighted by atomic mass is 32.2. The summed E-state index contributed by atoms with van der Waals surface area (Å²) in [5, 5.41) is 3.10. The van der Waals surface area contributed by atoms with Crippen LogP contribution in [0.15, 0.2) is 54.6 Å². The Labute approximate surface area is 158 Å². The monoisotopic (exact) mass is 384 g/mol. The van der Waals surface area contributed by atoms with Crippen LogP contribution in [0.4, 0.5) is 11.6 Å². The first-order valence-electron chi connectivity index (χ1n) is 8.41.